The summed E-state index contributed by atoms with van der Waals surface area (Å²) in [4.78, 5) is 26.8. The van der Waals surface area contributed by atoms with Gasteiger partial charge >= 0.3 is 0 Å². The van der Waals surface area contributed by atoms with Crippen molar-refractivity contribution < 1.29 is 4.79 Å². The number of aromatic amines is 1. The standard InChI is InChI=1S/C22H21N5O/c1-26-13-16(11-12-19(26)28)27-14-23-20(15-7-3-2-4-8-15)21(27)22-24-17-9-5-6-10-18(17)25-22/h2-10,14,16H,11-13H2,1H3,(H,24,25). The third-order valence-electron chi connectivity index (χ3n) is 5.45. The van der Waals surface area contributed by atoms with Crippen LogP contribution in [0.3, 0.4) is 0 Å². The van der Waals surface area contributed by atoms with Crippen molar-refractivity contribution in [3.05, 3.63) is 60.9 Å². The van der Waals surface area contributed by atoms with Gasteiger partial charge in [-0.05, 0) is 18.6 Å². The van der Waals surface area contributed by atoms with E-state index in [-0.39, 0.29) is 11.9 Å². The fourth-order valence-corrected chi connectivity index (χ4v) is 3.96. The first-order valence-electron chi connectivity index (χ1n) is 9.52. The maximum Gasteiger partial charge on any atom is 0.222 e. The number of carbonyl (C=O) groups is 1. The number of fused-ring (bicyclic) bond motifs is 1. The number of H-pyrrole nitrogens is 1. The summed E-state index contributed by atoms with van der Waals surface area (Å²) in [6.07, 6.45) is 3.25. The van der Waals surface area contributed by atoms with Crippen LogP contribution in [0.4, 0.5) is 0 Å². The Morgan fingerprint density at radius 3 is 2.64 bits per heavy atom. The Kier molecular flexibility index (Phi) is 3.97. The number of para-hydroxylation sites is 2. The number of amides is 1. The first-order chi connectivity index (χ1) is 13.7. The lowest BCUT2D eigenvalue weighted by atomic mass is 10.0. The molecule has 140 valence electrons. The number of carbonyl (C=O) groups excluding carboxylic acids is 1. The number of nitrogens with zero attached hydrogens (tertiary/aromatic N) is 4. The number of likely N-dealkylation sites (tertiary alicyclic amines) is 1. The Bertz CT molecular complexity index is 1110. The summed E-state index contributed by atoms with van der Waals surface area (Å²) in [5.74, 6) is 1.00. The van der Waals surface area contributed by atoms with Gasteiger partial charge in [0.25, 0.3) is 0 Å². The molecule has 1 N–H and O–H groups in total. The zero-order valence-electron chi connectivity index (χ0n) is 15.7. The van der Waals surface area contributed by atoms with Crippen LogP contribution in [-0.2, 0) is 4.79 Å². The van der Waals surface area contributed by atoms with Crippen LogP contribution in [0.5, 0.6) is 0 Å². The van der Waals surface area contributed by atoms with Crippen LogP contribution >= 0.6 is 0 Å². The van der Waals surface area contributed by atoms with Gasteiger partial charge in [-0.1, -0.05) is 42.5 Å². The number of imidazole rings is 2. The molecule has 0 spiro atoms. The zero-order chi connectivity index (χ0) is 19.1. The molecule has 2 aromatic carbocycles. The van der Waals surface area contributed by atoms with Crippen molar-refractivity contribution in [2.24, 2.45) is 0 Å². The van der Waals surface area contributed by atoms with Gasteiger partial charge in [0.05, 0.1) is 29.1 Å². The largest absolute Gasteiger partial charge is 0.344 e. The van der Waals surface area contributed by atoms with Crippen LogP contribution in [0, 0.1) is 0 Å². The SMILES string of the molecule is CN1CC(n2cnc(-c3ccccc3)c2-c2nc3ccccc3[nH]2)CCC1=O. The number of benzene rings is 2. The monoisotopic (exact) mass is 371 g/mol. The molecule has 6 heteroatoms. The smallest absolute Gasteiger partial charge is 0.222 e. The quantitative estimate of drug-likeness (QED) is 0.594. The Morgan fingerprint density at radius 1 is 1.07 bits per heavy atom. The molecule has 4 aromatic rings. The molecule has 1 fully saturated rings. The lowest BCUT2D eigenvalue weighted by Crippen LogP contribution is -2.37. The molecule has 2 aromatic heterocycles. The highest BCUT2D eigenvalue weighted by Crippen LogP contribution is 2.35. The lowest BCUT2D eigenvalue weighted by molar-refractivity contribution is -0.132. The van der Waals surface area contributed by atoms with Crippen LogP contribution < -0.4 is 0 Å². The highest BCUT2D eigenvalue weighted by molar-refractivity contribution is 5.83. The summed E-state index contributed by atoms with van der Waals surface area (Å²) in [5.41, 5.74) is 4.85. The fraction of sp³-hybridized carbons (Fsp3) is 0.227. The molecule has 1 aliphatic heterocycles. The molecule has 1 unspecified atom stereocenters. The topological polar surface area (TPSA) is 66.8 Å². The third kappa shape index (κ3) is 2.78. The van der Waals surface area contributed by atoms with E-state index in [1.54, 1.807) is 4.90 Å². The summed E-state index contributed by atoms with van der Waals surface area (Å²) >= 11 is 0. The highest BCUT2D eigenvalue weighted by atomic mass is 16.2. The Morgan fingerprint density at radius 2 is 1.86 bits per heavy atom. The second kappa shape index (κ2) is 6.64. The Hall–Kier alpha value is -3.41. The van der Waals surface area contributed by atoms with E-state index in [2.05, 4.69) is 21.7 Å². The van der Waals surface area contributed by atoms with E-state index in [1.807, 2.05) is 55.8 Å². The van der Waals surface area contributed by atoms with Gasteiger partial charge < -0.3 is 14.5 Å². The number of hydrogen-bond donors (Lipinski definition) is 1. The van der Waals surface area contributed by atoms with E-state index in [0.717, 1.165) is 40.2 Å². The summed E-state index contributed by atoms with van der Waals surface area (Å²) in [5, 5.41) is 0. The van der Waals surface area contributed by atoms with Crippen molar-refractivity contribution in [2.75, 3.05) is 13.6 Å². The zero-order valence-corrected chi connectivity index (χ0v) is 15.7. The van der Waals surface area contributed by atoms with Gasteiger partial charge in [-0.15, -0.1) is 0 Å². The molecule has 1 amide bonds. The number of aromatic nitrogens is 4. The van der Waals surface area contributed by atoms with Crippen LogP contribution in [-0.4, -0.2) is 43.9 Å². The number of likely N-dealkylation sites (N-methyl/N-ethyl adjacent to an activating group) is 1. The molecule has 28 heavy (non-hydrogen) atoms. The second-order valence-corrected chi connectivity index (χ2v) is 7.28. The van der Waals surface area contributed by atoms with E-state index >= 15 is 0 Å². The van der Waals surface area contributed by atoms with Gasteiger partial charge in [0.2, 0.25) is 5.91 Å². The molecule has 0 aliphatic carbocycles. The minimum absolute atomic E-state index is 0.177. The number of piperidine rings is 1. The molecule has 6 nitrogen and oxygen atoms in total. The van der Waals surface area contributed by atoms with Crippen molar-refractivity contribution in [3.8, 4) is 22.8 Å². The maximum absolute atomic E-state index is 12.0. The van der Waals surface area contributed by atoms with Gasteiger partial charge in [-0.2, -0.15) is 0 Å². The Balaban J connectivity index is 1.67. The van der Waals surface area contributed by atoms with Crippen molar-refractivity contribution in [3.63, 3.8) is 0 Å². The van der Waals surface area contributed by atoms with Gasteiger partial charge in [-0.3, -0.25) is 4.79 Å². The number of rotatable bonds is 3. The van der Waals surface area contributed by atoms with Crippen LogP contribution in [0.25, 0.3) is 33.8 Å². The van der Waals surface area contributed by atoms with E-state index in [0.29, 0.717) is 13.0 Å². The van der Waals surface area contributed by atoms with Crippen LogP contribution in [0.1, 0.15) is 18.9 Å². The fourth-order valence-electron chi connectivity index (χ4n) is 3.96. The predicted octanol–water partition coefficient (Wildman–Crippen LogP) is 3.89. The normalized spacial score (nSPS) is 17.4. The summed E-state index contributed by atoms with van der Waals surface area (Å²) in [7, 11) is 1.87. The van der Waals surface area contributed by atoms with Gasteiger partial charge in [0, 0.05) is 25.6 Å². The highest BCUT2D eigenvalue weighted by Gasteiger charge is 2.28. The molecule has 0 saturated carbocycles. The lowest BCUT2D eigenvalue weighted by Gasteiger charge is -2.31. The van der Waals surface area contributed by atoms with E-state index in [9.17, 15) is 4.79 Å². The Labute approximate surface area is 162 Å². The summed E-state index contributed by atoms with van der Waals surface area (Å²) in [6, 6.07) is 18.4. The minimum Gasteiger partial charge on any atom is -0.344 e. The predicted molar refractivity (Wildman–Crippen MR) is 109 cm³/mol. The molecule has 0 radical (unpaired) electrons. The van der Waals surface area contributed by atoms with Crippen molar-refractivity contribution >= 4 is 16.9 Å². The maximum atomic E-state index is 12.0. The third-order valence-corrected chi connectivity index (χ3v) is 5.45. The van der Waals surface area contributed by atoms with Gasteiger partial charge in [0.15, 0.2) is 5.82 Å². The van der Waals surface area contributed by atoms with Gasteiger partial charge in [-0.25, -0.2) is 9.97 Å². The first-order valence-corrected chi connectivity index (χ1v) is 9.52. The average molecular weight is 371 g/mol. The van der Waals surface area contributed by atoms with Crippen molar-refractivity contribution in [1.29, 1.82) is 0 Å². The second-order valence-electron chi connectivity index (χ2n) is 7.28. The molecule has 1 aliphatic rings. The molecule has 0 bridgehead atoms. The van der Waals surface area contributed by atoms with Crippen LogP contribution in [0.2, 0.25) is 0 Å². The van der Waals surface area contributed by atoms with Crippen LogP contribution in [0.15, 0.2) is 60.9 Å². The van der Waals surface area contributed by atoms with E-state index < -0.39 is 0 Å². The van der Waals surface area contributed by atoms with Crippen molar-refractivity contribution in [1.82, 2.24) is 24.4 Å². The summed E-state index contributed by atoms with van der Waals surface area (Å²) < 4.78 is 2.18. The summed E-state index contributed by atoms with van der Waals surface area (Å²) in [6.45, 7) is 0.677. The number of hydrogen-bond acceptors (Lipinski definition) is 3. The minimum atomic E-state index is 0.177. The molecular weight excluding hydrogens is 350 g/mol. The molecule has 5 rings (SSSR count). The van der Waals surface area contributed by atoms with E-state index in [1.165, 1.54) is 0 Å². The van der Waals surface area contributed by atoms with Crippen molar-refractivity contribution in [2.45, 2.75) is 18.9 Å². The molecule has 3 heterocycles. The average Bonchev–Trinajstić information content (AvgIpc) is 3.34. The van der Waals surface area contributed by atoms with Gasteiger partial charge in [0.1, 0.15) is 5.69 Å². The number of nitrogens with one attached hydrogen (secondary N) is 1. The molecule has 1 atom stereocenters. The molecular formula is C22H21N5O. The van der Waals surface area contributed by atoms with E-state index in [4.69, 9.17) is 9.97 Å². The molecule has 1 saturated heterocycles. The first kappa shape index (κ1) is 16.7.